The fraction of sp³-hybridized carbons (Fsp3) is 0.542. The van der Waals surface area contributed by atoms with Crippen LogP contribution in [0.4, 0.5) is 4.79 Å². The van der Waals surface area contributed by atoms with E-state index in [2.05, 4.69) is 16.7 Å². The van der Waals surface area contributed by atoms with Gasteiger partial charge < -0.3 is 25.0 Å². The number of rotatable bonds is 8. The van der Waals surface area contributed by atoms with Crippen LogP contribution in [-0.4, -0.2) is 40.4 Å². The first kappa shape index (κ1) is 23.6. The molecule has 8 heteroatoms. The fourth-order valence-corrected chi connectivity index (χ4v) is 4.39. The molecule has 1 aromatic carbocycles. The average molecular weight is 441 g/mol. The minimum absolute atomic E-state index is 0.0854. The lowest BCUT2D eigenvalue weighted by atomic mass is 9.83. The summed E-state index contributed by atoms with van der Waals surface area (Å²) in [6.45, 7) is 4.23. The van der Waals surface area contributed by atoms with Crippen LogP contribution in [-0.2, 0) is 11.3 Å². The SMILES string of the molecule is CC(C)C[C@@H](C#N)NC(=O)[C@@H]1CCCC[C@@H]1NC(=O)Oc1cc2ccccc2n1CCO. The van der Waals surface area contributed by atoms with Crippen LogP contribution in [0.25, 0.3) is 10.9 Å². The number of fused-ring (bicyclic) bond motifs is 1. The lowest BCUT2D eigenvalue weighted by molar-refractivity contribution is -0.127. The molecule has 1 aliphatic carbocycles. The number of hydrogen-bond acceptors (Lipinski definition) is 5. The van der Waals surface area contributed by atoms with Crippen molar-refractivity contribution < 1.29 is 19.4 Å². The Balaban J connectivity index is 1.68. The van der Waals surface area contributed by atoms with E-state index in [1.165, 1.54) is 0 Å². The Morgan fingerprint density at radius 2 is 2.03 bits per heavy atom. The van der Waals surface area contributed by atoms with Gasteiger partial charge in [0.25, 0.3) is 0 Å². The molecule has 172 valence electrons. The summed E-state index contributed by atoms with van der Waals surface area (Å²) in [6, 6.07) is 10.6. The number of aliphatic hydroxyl groups excluding tert-OH is 1. The molecule has 0 saturated heterocycles. The van der Waals surface area contributed by atoms with Gasteiger partial charge in [0.15, 0.2) is 0 Å². The normalized spacial score (nSPS) is 19.3. The first-order valence-corrected chi connectivity index (χ1v) is 11.3. The zero-order valence-electron chi connectivity index (χ0n) is 18.7. The summed E-state index contributed by atoms with van der Waals surface area (Å²) in [6.07, 6.45) is 3.10. The van der Waals surface area contributed by atoms with Gasteiger partial charge in [0, 0.05) is 24.0 Å². The molecule has 0 aliphatic heterocycles. The van der Waals surface area contributed by atoms with Crippen molar-refractivity contribution in [2.45, 2.75) is 64.6 Å². The van der Waals surface area contributed by atoms with E-state index in [-0.39, 0.29) is 18.6 Å². The van der Waals surface area contributed by atoms with Crippen molar-refractivity contribution in [2.24, 2.45) is 11.8 Å². The number of aromatic nitrogens is 1. The van der Waals surface area contributed by atoms with Gasteiger partial charge in [0.2, 0.25) is 11.8 Å². The van der Waals surface area contributed by atoms with Gasteiger partial charge in [-0.1, -0.05) is 44.9 Å². The molecule has 1 heterocycles. The van der Waals surface area contributed by atoms with Crippen molar-refractivity contribution in [3.8, 4) is 11.9 Å². The van der Waals surface area contributed by atoms with E-state index in [1.807, 2.05) is 38.1 Å². The van der Waals surface area contributed by atoms with Crippen LogP contribution in [0.5, 0.6) is 5.88 Å². The minimum atomic E-state index is -0.629. The summed E-state index contributed by atoms with van der Waals surface area (Å²) in [5, 5.41) is 25.4. The lowest BCUT2D eigenvalue weighted by Gasteiger charge is -2.31. The van der Waals surface area contributed by atoms with Crippen LogP contribution in [0, 0.1) is 23.2 Å². The summed E-state index contributed by atoms with van der Waals surface area (Å²) >= 11 is 0. The summed E-state index contributed by atoms with van der Waals surface area (Å²) in [5.74, 6) is 0.0381. The van der Waals surface area contributed by atoms with Gasteiger partial charge >= 0.3 is 6.09 Å². The summed E-state index contributed by atoms with van der Waals surface area (Å²) in [5.41, 5.74) is 0.868. The van der Waals surface area contributed by atoms with Gasteiger partial charge in [-0.25, -0.2) is 4.79 Å². The van der Waals surface area contributed by atoms with E-state index in [1.54, 1.807) is 10.6 Å². The van der Waals surface area contributed by atoms with Gasteiger partial charge in [-0.15, -0.1) is 0 Å². The summed E-state index contributed by atoms with van der Waals surface area (Å²) in [4.78, 5) is 25.6. The number of nitriles is 1. The molecular weight excluding hydrogens is 408 g/mol. The molecule has 0 bridgehead atoms. The van der Waals surface area contributed by atoms with Crippen molar-refractivity contribution in [2.75, 3.05) is 6.61 Å². The third-order valence-electron chi connectivity index (χ3n) is 5.88. The van der Waals surface area contributed by atoms with Gasteiger partial charge in [-0.3, -0.25) is 4.79 Å². The maximum Gasteiger partial charge on any atom is 0.414 e. The number of para-hydroxylation sites is 1. The Morgan fingerprint density at radius 3 is 2.75 bits per heavy atom. The molecule has 0 radical (unpaired) electrons. The highest BCUT2D eigenvalue weighted by Crippen LogP contribution is 2.27. The highest BCUT2D eigenvalue weighted by Gasteiger charge is 2.33. The maximum absolute atomic E-state index is 12.9. The number of hydrogen-bond donors (Lipinski definition) is 3. The summed E-state index contributed by atoms with van der Waals surface area (Å²) in [7, 11) is 0. The maximum atomic E-state index is 12.9. The predicted octanol–water partition coefficient (Wildman–Crippen LogP) is 3.34. The van der Waals surface area contributed by atoms with Crippen molar-refractivity contribution in [3.63, 3.8) is 0 Å². The first-order valence-electron chi connectivity index (χ1n) is 11.3. The van der Waals surface area contributed by atoms with E-state index in [0.717, 1.165) is 23.7 Å². The van der Waals surface area contributed by atoms with Gasteiger partial charge in [0.1, 0.15) is 6.04 Å². The number of aliphatic hydroxyl groups is 1. The fourth-order valence-electron chi connectivity index (χ4n) is 4.39. The number of benzene rings is 1. The Kier molecular flexibility index (Phi) is 8.12. The van der Waals surface area contributed by atoms with Crippen molar-refractivity contribution in [3.05, 3.63) is 30.3 Å². The van der Waals surface area contributed by atoms with Crippen molar-refractivity contribution in [1.82, 2.24) is 15.2 Å². The Bertz CT molecular complexity index is 978. The monoisotopic (exact) mass is 440 g/mol. The topological polar surface area (TPSA) is 116 Å². The van der Waals surface area contributed by atoms with E-state index in [0.29, 0.717) is 37.6 Å². The zero-order valence-corrected chi connectivity index (χ0v) is 18.7. The van der Waals surface area contributed by atoms with E-state index in [4.69, 9.17) is 4.74 Å². The third kappa shape index (κ3) is 5.80. The first-order chi connectivity index (χ1) is 15.4. The Hall–Kier alpha value is -3.05. The van der Waals surface area contributed by atoms with E-state index >= 15 is 0 Å². The second kappa shape index (κ2) is 11.0. The van der Waals surface area contributed by atoms with Crippen LogP contribution in [0.2, 0.25) is 0 Å². The van der Waals surface area contributed by atoms with Crippen molar-refractivity contribution in [1.29, 1.82) is 5.26 Å². The summed E-state index contributed by atoms with van der Waals surface area (Å²) < 4.78 is 7.34. The standard InChI is InChI=1S/C24H32N4O4/c1-16(2)13-18(15-25)26-23(30)19-8-4-5-9-20(19)27-24(31)32-22-14-17-7-3-6-10-21(17)28(22)11-12-29/h3,6-7,10,14,16,18-20,29H,4-5,8-9,11-13H2,1-2H3,(H,26,30)(H,27,31)/t18-,19+,20-/m0/s1. The van der Waals surface area contributed by atoms with Crippen LogP contribution in [0.3, 0.4) is 0 Å². The van der Waals surface area contributed by atoms with E-state index < -0.39 is 18.1 Å². The molecule has 3 rings (SSSR count). The molecule has 1 fully saturated rings. The molecule has 1 saturated carbocycles. The molecule has 3 N–H and O–H groups in total. The Morgan fingerprint density at radius 1 is 1.28 bits per heavy atom. The van der Waals surface area contributed by atoms with Crippen LogP contribution in [0.15, 0.2) is 30.3 Å². The molecule has 0 spiro atoms. The minimum Gasteiger partial charge on any atom is -0.395 e. The number of nitrogens with zero attached hydrogens (tertiary/aromatic N) is 2. The molecule has 8 nitrogen and oxygen atoms in total. The zero-order chi connectivity index (χ0) is 23.1. The number of ether oxygens (including phenoxy) is 1. The molecule has 0 unspecified atom stereocenters. The van der Waals surface area contributed by atoms with E-state index in [9.17, 15) is 20.0 Å². The number of carbonyl (C=O) groups excluding carboxylic acids is 2. The van der Waals surface area contributed by atoms with Crippen LogP contribution < -0.4 is 15.4 Å². The lowest BCUT2D eigenvalue weighted by Crippen LogP contribution is -2.50. The second-order valence-electron chi connectivity index (χ2n) is 8.77. The number of amides is 2. The highest BCUT2D eigenvalue weighted by molar-refractivity contribution is 5.84. The number of carbonyl (C=O) groups is 2. The Labute approximate surface area is 188 Å². The molecule has 3 atom stereocenters. The molecule has 32 heavy (non-hydrogen) atoms. The molecular formula is C24H32N4O4. The third-order valence-corrected chi connectivity index (χ3v) is 5.88. The van der Waals surface area contributed by atoms with Gasteiger partial charge in [-0.05, 0) is 31.2 Å². The molecule has 1 aliphatic rings. The second-order valence-corrected chi connectivity index (χ2v) is 8.77. The molecule has 2 amide bonds. The molecule has 2 aromatic rings. The van der Waals surface area contributed by atoms with Crippen LogP contribution >= 0.6 is 0 Å². The quantitative estimate of drug-likeness (QED) is 0.582. The number of nitrogens with one attached hydrogen (secondary N) is 2. The molecule has 1 aromatic heterocycles. The van der Waals surface area contributed by atoms with Crippen LogP contribution in [0.1, 0.15) is 46.0 Å². The highest BCUT2D eigenvalue weighted by atomic mass is 16.6. The largest absolute Gasteiger partial charge is 0.414 e. The smallest absolute Gasteiger partial charge is 0.395 e. The average Bonchev–Trinajstić information content (AvgIpc) is 3.10. The van der Waals surface area contributed by atoms with Gasteiger partial charge in [0.05, 0.1) is 24.1 Å². The van der Waals surface area contributed by atoms with Gasteiger partial charge in [-0.2, -0.15) is 5.26 Å². The van der Waals surface area contributed by atoms with Crippen molar-refractivity contribution >= 4 is 22.9 Å². The predicted molar refractivity (Wildman–Crippen MR) is 121 cm³/mol.